The molecular weight excluding hydrogens is 152 g/mol. The number of rotatable bonds is 2. The van der Waals surface area contributed by atoms with E-state index in [-0.39, 0.29) is 11.3 Å². The minimum Gasteiger partial charge on any atom is -0.381 e. The number of carbonyl (C=O) groups excluding carboxylic acids is 1. The highest BCUT2D eigenvalue weighted by Crippen LogP contribution is 2.35. The van der Waals surface area contributed by atoms with Crippen LogP contribution in [0, 0.1) is 11.3 Å². The number of methoxy groups -OCH3 is 1. The molecule has 12 heavy (non-hydrogen) atoms. The van der Waals surface area contributed by atoms with Crippen LogP contribution in [0.2, 0.25) is 0 Å². The van der Waals surface area contributed by atoms with Crippen LogP contribution >= 0.6 is 0 Å². The molecule has 0 atom stereocenters. The van der Waals surface area contributed by atoms with Gasteiger partial charge in [0.2, 0.25) is 0 Å². The molecule has 0 N–H and O–H groups in total. The lowest BCUT2D eigenvalue weighted by atomic mass is 9.71. The van der Waals surface area contributed by atoms with Crippen molar-refractivity contribution in [1.82, 2.24) is 0 Å². The highest BCUT2D eigenvalue weighted by atomic mass is 16.5. The van der Waals surface area contributed by atoms with E-state index in [9.17, 15) is 4.79 Å². The number of hydrogen-bond acceptors (Lipinski definition) is 2. The van der Waals surface area contributed by atoms with Gasteiger partial charge < -0.3 is 4.74 Å². The second-order valence-electron chi connectivity index (χ2n) is 4.64. The van der Waals surface area contributed by atoms with E-state index in [2.05, 4.69) is 0 Å². The van der Waals surface area contributed by atoms with Crippen molar-refractivity contribution in [2.24, 2.45) is 11.3 Å². The smallest absolute Gasteiger partial charge is 0.141 e. The quantitative estimate of drug-likeness (QED) is 0.633. The molecule has 0 aromatic rings. The van der Waals surface area contributed by atoms with Crippen molar-refractivity contribution >= 4 is 5.78 Å². The Morgan fingerprint density at radius 1 is 1.33 bits per heavy atom. The van der Waals surface area contributed by atoms with Crippen LogP contribution in [0.5, 0.6) is 0 Å². The summed E-state index contributed by atoms with van der Waals surface area (Å²) in [5.41, 5.74) is -0.177. The third-order valence-corrected chi connectivity index (χ3v) is 2.54. The predicted octanol–water partition coefficient (Wildman–Crippen LogP) is 2.03. The molecule has 0 aromatic heterocycles. The fourth-order valence-electron chi connectivity index (χ4n) is 1.58. The van der Waals surface area contributed by atoms with Gasteiger partial charge in [-0.3, -0.25) is 4.79 Å². The van der Waals surface area contributed by atoms with E-state index in [1.54, 1.807) is 7.11 Å². The first-order chi connectivity index (χ1) is 5.45. The zero-order chi connectivity index (χ0) is 9.35. The van der Waals surface area contributed by atoms with Gasteiger partial charge in [0.15, 0.2) is 0 Å². The molecule has 1 rings (SSSR count). The standard InChI is InChI=1S/C10H18O2/c1-10(2,3)9(11)7-5-8(6-7)12-4/h7-8H,5-6H2,1-4H3. The van der Waals surface area contributed by atoms with Crippen molar-refractivity contribution in [3.05, 3.63) is 0 Å². The van der Waals surface area contributed by atoms with Gasteiger partial charge in [0, 0.05) is 18.4 Å². The molecule has 0 aliphatic heterocycles. The largest absolute Gasteiger partial charge is 0.381 e. The van der Waals surface area contributed by atoms with Gasteiger partial charge in [0.05, 0.1) is 6.10 Å². The van der Waals surface area contributed by atoms with Crippen LogP contribution in [0.15, 0.2) is 0 Å². The second kappa shape index (κ2) is 3.17. The summed E-state index contributed by atoms with van der Waals surface area (Å²) < 4.78 is 5.13. The Balaban J connectivity index is 2.39. The topological polar surface area (TPSA) is 26.3 Å². The lowest BCUT2D eigenvalue weighted by molar-refractivity contribution is -0.138. The Morgan fingerprint density at radius 2 is 1.83 bits per heavy atom. The second-order valence-corrected chi connectivity index (χ2v) is 4.64. The minimum atomic E-state index is -0.177. The van der Waals surface area contributed by atoms with E-state index in [0.717, 1.165) is 12.8 Å². The van der Waals surface area contributed by atoms with Gasteiger partial charge in [-0.25, -0.2) is 0 Å². The normalized spacial score (nSPS) is 29.7. The predicted molar refractivity (Wildman–Crippen MR) is 48.0 cm³/mol. The molecule has 1 fully saturated rings. The molecule has 0 unspecified atom stereocenters. The average Bonchev–Trinajstić information content (AvgIpc) is 1.83. The van der Waals surface area contributed by atoms with Crippen molar-refractivity contribution in [2.45, 2.75) is 39.7 Å². The average molecular weight is 170 g/mol. The molecule has 0 radical (unpaired) electrons. The Kier molecular flexibility index (Phi) is 2.57. The van der Waals surface area contributed by atoms with E-state index in [0.29, 0.717) is 11.9 Å². The first-order valence-electron chi connectivity index (χ1n) is 4.52. The Labute approximate surface area is 74.3 Å². The van der Waals surface area contributed by atoms with Crippen molar-refractivity contribution in [2.75, 3.05) is 7.11 Å². The van der Waals surface area contributed by atoms with E-state index in [4.69, 9.17) is 4.74 Å². The third kappa shape index (κ3) is 1.86. The molecule has 0 bridgehead atoms. The zero-order valence-electron chi connectivity index (χ0n) is 8.39. The maximum atomic E-state index is 11.7. The van der Waals surface area contributed by atoms with Crippen LogP contribution in [-0.2, 0) is 9.53 Å². The van der Waals surface area contributed by atoms with Gasteiger partial charge in [-0.15, -0.1) is 0 Å². The summed E-state index contributed by atoms with van der Waals surface area (Å²) in [5, 5.41) is 0. The van der Waals surface area contributed by atoms with Crippen LogP contribution in [0.25, 0.3) is 0 Å². The monoisotopic (exact) mass is 170 g/mol. The number of ketones is 1. The van der Waals surface area contributed by atoms with Gasteiger partial charge >= 0.3 is 0 Å². The first-order valence-corrected chi connectivity index (χ1v) is 4.52. The van der Waals surface area contributed by atoms with E-state index in [1.807, 2.05) is 20.8 Å². The maximum absolute atomic E-state index is 11.7. The van der Waals surface area contributed by atoms with Crippen molar-refractivity contribution in [1.29, 1.82) is 0 Å². The zero-order valence-corrected chi connectivity index (χ0v) is 8.39. The molecule has 1 saturated carbocycles. The molecular formula is C10H18O2. The molecule has 1 aliphatic carbocycles. The number of Topliss-reactive ketones (excluding diaryl/α,β-unsaturated/α-hetero) is 1. The molecule has 0 saturated heterocycles. The summed E-state index contributed by atoms with van der Waals surface area (Å²) in [6, 6.07) is 0. The summed E-state index contributed by atoms with van der Waals surface area (Å²) in [6.45, 7) is 5.94. The molecule has 1 aliphatic rings. The summed E-state index contributed by atoms with van der Waals surface area (Å²) in [7, 11) is 1.71. The highest BCUT2D eigenvalue weighted by Gasteiger charge is 2.38. The van der Waals surface area contributed by atoms with Crippen LogP contribution in [0.1, 0.15) is 33.6 Å². The van der Waals surface area contributed by atoms with Gasteiger partial charge in [0.1, 0.15) is 5.78 Å². The van der Waals surface area contributed by atoms with Gasteiger partial charge in [-0.05, 0) is 12.8 Å². The molecule has 0 amide bonds. The van der Waals surface area contributed by atoms with Crippen LogP contribution in [-0.4, -0.2) is 19.0 Å². The van der Waals surface area contributed by atoms with Crippen LogP contribution in [0.4, 0.5) is 0 Å². The summed E-state index contributed by atoms with van der Waals surface area (Å²) in [5.74, 6) is 0.644. The number of ether oxygens (including phenoxy) is 1. The SMILES string of the molecule is COC1CC(C(=O)C(C)(C)C)C1. The Hall–Kier alpha value is -0.370. The van der Waals surface area contributed by atoms with E-state index in [1.165, 1.54) is 0 Å². The molecule has 2 heteroatoms. The third-order valence-electron chi connectivity index (χ3n) is 2.54. The summed E-state index contributed by atoms with van der Waals surface area (Å²) in [6.07, 6.45) is 2.18. The van der Waals surface area contributed by atoms with Crippen LogP contribution < -0.4 is 0 Å². The Morgan fingerprint density at radius 3 is 2.17 bits per heavy atom. The highest BCUT2D eigenvalue weighted by molar-refractivity contribution is 5.86. The lowest BCUT2D eigenvalue weighted by Gasteiger charge is -2.36. The van der Waals surface area contributed by atoms with Crippen molar-refractivity contribution in [3.63, 3.8) is 0 Å². The lowest BCUT2D eigenvalue weighted by Crippen LogP contribution is -2.40. The fourth-order valence-corrected chi connectivity index (χ4v) is 1.58. The van der Waals surface area contributed by atoms with E-state index < -0.39 is 0 Å². The molecule has 2 nitrogen and oxygen atoms in total. The van der Waals surface area contributed by atoms with Gasteiger partial charge in [-0.1, -0.05) is 20.8 Å². The van der Waals surface area contributed by atoms with E-state index >= 15 is 0 Å². The number of hydrogen-bond donors (Lipinski definition) is 0. The van der Waals surface area contributed by atoms with Gasteiger partial charge in [-0.2, -0.15) is 0 Å². The van der Waals surface area contributed by atoms with Gasteiger partial charge in [0.25, 0.3) is 0 Å². The van der Waals surface area contributed by atoms with Crippen molar-refractivity contribution < 1.29 is 9.53 Å². The molecule has 0 aromatic carbocycles. The summed E-state index contributed by atoms with van der Waals surface area (Å²) in [4.78, 5) is 11.7. The molecule has 70 valence electrons. The summed E-state index contributed by atoms with van der Waals surface area (Å²) >= 11 is 0. The number of carbonyl (C=O) groups is 1. The van der Waals surface area contributed by atoms with Crippen LogP contribution in [0.3, 0.4) is 0 Å². The minimum absolute atomic E-state index is 0.177. The first kappa shape index (κ1) is 9.72. The Bertz CT molecular complexity index is 173. The van der Waals surface area contributed by atoms with Crippen molar-refractivity contribution in [3.8, 4) is 0 Å². The fraction of sp³-hybridized carbons (Fsp3) is 0.900. The molecule has 0 heterocycles. The molecule has 0 spiro atoms. The maximum Gasteiger partial charge on any atom is 0.141 e.